The molecule has 0 bridgehead atoms. The Morgan fingerprint density at radius 3 is 2.78 bits per heavy atom. The molecule has 0 aromatic carbocycles. The number of hydrogen-bond acceptors (Lipinski definition) is 6. The first-order valence-electron chi connectivity index (χ1n) is 5.55. The molecule has 96 valence electrons. The monoisotopic (exact) mass is 251 g/mol. The van der Waals surface area contributed by atoms with E-state index in [1.165, 1.54) is 13.2 Å². The molecule has 0 aliphatic carbocycles. The molecule has 18 heavy (non-hydrogen) atoms. The Morgan fingerprint density at radius 1 is 1.44 bits per heavy atom. The molecule has 1 aliphatic rings. The van der Waals surface area contributed by atoms with Crippen molar-refractivity contribution in [2.24, 2.45) is 0 Å². The lowest BCUT2D eigenvalue weighted by atomic mass is 10.2. The number of carbonyl (C=O) groups excluding carboxylic acids is 1. The van der Waals surface area contributed by atoms with Gasteiger partial charge >= 0.3 is 11.9 Å². The number of ether oxygens (including phenoxy) is 1. The van der Waals surface area contributed by atoms with Gasteiger partial charge in [0.2, 0.25) is 0 Å². The highest BCUT2D eigenvalue weighted by Gasteiger charge is 2.31. The summed E-state index contributed by atoms with van der Waals surface area (Å²) in [4.78, 5) is 23.9. The van der Waals surface area contributed by atoms with Gasteiger partial charge in [0, 0.05) is 6.54 Å². The second-order valence-corrected chi connectivity index (χ2v) is 3.96. The van der Waals surface area contributed by atoms with Crippen molar-refractivity contribution in [3.8, 4) is 0 Å². The molecule has 0 radical (unpaired) electrons. The molecule has 1 aromatic heterocycles. The summed E-state index contributed by atoms with van der Waals surface area (Å²) in [5, 5.41) is 16.7. The molecule has 7 heteroatoms. The van der Waals surface area contributed by atoms with Crippen LogP contribution in [0.2, 0.25) is 0 Å². The molecule has 1 aliphatic heterocycles. The number of rotatable bonds is 3. The van der Waals surface area contributed by atoms with Gasteiger partial charge in [0.15, 0.2) is 11.5 Å². The first kappa shape index (κ1) is 12.3. The minimum atomic E-state index is -0.869. The van der Waals surface area contributed by atoms with Gasteiger partial charge in [-0.15, -0.1) is 10.2 Å². The van der Waals surface area contributed by atoms with Crippen molar-refractivity contribution in [1.29, 1.82) is 0 Å². The number of carboxylic acid groups (broad SMARTS) is 1. The highest BCUT2D eigenvalue weighted by atomic mass is 16.5. The zero-order chi connectivity index (χ0) is 13.1. The van der Waals surface area contributed by atoms with E-state index in [4.69, 9.17) is 5.11 Å². The van der Waals surface area contributed by atoms with Gasteiger partial charge in [-0.3, -0.25) is 0 Å². The summed E-state index contributed by atoms with van der Waals surface area (Å²) in [6, 6.07) is 2.50. The highest BCUT2D eigenvalue weighted by Crippen LogP contribution is 2.23. The van der Waals surface area contributed by atoms with E-state index in [2.05, 4.69) is 14.9 Å². The van der Waals surface area contributed by atoms with Crippen LogP contribution in [0.4, 0.5) is 5.82 Å². The molecule has 2 rings (SSSR count). The van der Waals surface area contributed by atoms with Crippen molar-refractivity contribution in [3.05, 3.63) is 17.8 Å². The molecule has 0 saturated carbocycles. The lowest BCUT2D eigenvalue weighted by Gasteiger charge is -2.21. The Kier molecular flexibility index (Phi) is 3.40. The summed E-state index contributed by atoms with van der Waals surface area (Å²) in [5.74, 6) is -0.968. The number of aliphatic carboxylic acids is 1. The Hall–Kier alpha value is -2.18. The van der Waals surface area contributed by atoms with E-state index in [9.17, 15) is 9.59 Å². The molecular weight excluding hydrogens is 238 g/mol. The van der Waals surface area contributed by atoms with E-state index in [1.54, 1.807) is 11.0 Å². The number of anilines is 1. The van der Waals surface area contributed by atoms with Crippen LogP contribution in [0.1, 0.15) is 23.3 Å². The summed E-state index contributed by atoms with van der Waals surface area (Å²) in [6.07, 6.45) is 1.40. The maximum absolute atomic E-state index is 11.2. The maximum Gasteiger partial charge on any atom is 0.358 e. The second kappa shape index (κ2) is 4.99. The van der Waals surface area contributed by atoms with Crippen molar-refractivity contribution < 1.29 is 19.4 Å². The standard InChI is InChI=1S/C11H13N3O4/c1-18-11(17)7-4-5-9(13-12-7)14-6-2-3-8(14)10(15)16/h4-5,8H,2-3,6H2,1H3,(H,15,16). The quantitative estimate of drug-likeness (QED) is 0.773. The molecule has 1 aromatic rings. The fourth-order valence-corrected chi connectivity index (χ4v) is 1.99. The fraction of sp³-hybridized carbons (Fsp3) is 0.455. The smallest absolute Gasteiger partial charge is 0.358 e. The SMILES string of the molecule is COC(=O)c1ccc(N2CCCC2C(=O)O)nn1. The molecule has 0 spiro atoms. The number of methoxy groups -OCH3 is 1. The van der Waals surface area contributed by atoms with Crippen LogP contribution in [-0.4, -0.2) is 46.9 Å². The van der Waals surface area contributed by atoms with Crippen LogP contribution in [0.3, 0.4) is 0 Å². The van der Waals surface area contributed by atoms with Gasteiger partial charge in [0.25, 0.3) is 0 Å². The molecule has 1 fully saturated rings. The number of aromatic nitrogens is 2. The van der Waals surface area contributed by atoms with Crippen LogP contribution >= 0.6 is 0 Å². The number of carboxylic acids is 1. The van der Waals surface area contributed by atoms with Gasteiger partial charge in [-0.25, -0.2) is 9.59 Å². The summed E-state index contributed by atoms with van der Waals surface area (Å²) >= 11 is 0. The van der Waals surface area contributed by atoms with Crippen LogP contribution in [0.15, 0.2) is 12.1 Å². The van der Waals surface area contributed by atoms with E-state index >= 15 is 0 Å². The van der Waals surface area contributed by atoms with Crippen LogP contribution in [-0.2, 0) is 9.53 Å². The van der Waals surface area contributed by atoms with Crippen molar-refractivity contribution in [3.63, 3.8) is 0 Å². The topological polar surface area (TPSA) is 92.6 Å². The van der Waals surface area contributed by atoms with Gasteiger partial charge in [-0.05, 0) is 25.0 Å². The van der Waals surface area contributed by atoms with Gasteiger partial charge in [-0.1, -0.05) is 0 Å². The van der Waals surface area contributed by atoms with Gasteiger partial charge in [-0.2, -0.15) is 0 Å². The molecule has 0 amide bonds. The Labute approximate surface area is 103 Å². The molecule has 1 atom stereocenters. The zero-order valence-corrected chi connectivity index (χ0v) is 9.87. The Balaban J connectivity index is 2.19. The van der Waals surface area contributed by atoms with Crippen LogP contribution in [0.5, 0.6) is 0 Å². The van der Waals surface area contributed by atoms with Crippen LogP contribution in [0, 0.1) is 0 Å². The third-order valence-corrected chi connectivity index (χ3v) is 2.88. The number of carbonyl (C=O) groups is 2. The summed E-state index contributed by atoms with van der Waals surface area (Å²) in [6.45, 7) is 0.628. The van der Waals surface area contributed by atoms with Crippen molar-refractivity contribution >= 4 is 17.8 Å². The Bertz CT molecular complexity index is 460. The number of nitrogens with zero attached hydrogens (tertiary/aromatic N) is 3. The van der Waals surface area contributed by atoms with Crippen LogP contribution < -0.4 is 4.90 Å². The molecule has 1 saturated heterocycles. The zero-order valence-electron chi connectivity index (χ0n) is 9.87. The molecule has 7 nitrogen and oxygen atoms in total. The van der Waals surface area contributed by atoms with E-state index in [0.717, 1.165) is 6.42 Å². The van der Waals surface area contributed by atoms with Gasteiger partial charge < -0.3 is 14.7 Å². The lowest BCUT2D eigenvalue weighted by molar-refractivity contribution is -0.138. The summed E-state index contributed by atoms with van der Waals surface area (Å²) in [7, 11) is 1.26. The van der Waals surface area contributed by atoms with E-state index in [-0.39, 0.29) is 5.69 Å². The summed E-state index contributed by atoms with van der Waals surface area (Å²) < 4.78 is 4.51. The van der Waals surface area contributed by atoms with Gasteiger partial charge in [0.05, 0.1) is 7.11 Å². The van der Waals surface area contributed by atoms with Crippen molar-refractivity contribution in [2.75, 3.05) is 18.6 Å². The highest BCUT2D eigenvalue weighted by molar-refractivity contribution is 5.87. The van der Waals surface area contributed by atoms with E-state index < -0.39 is 18.0 Å². The van der Waals surface area contributed by atoms with Crippen molar-refractivity contribution in [2.45, 2.75) is 18.9 Å². The molecule has 1 N–H and O–H groups in total. The largest absolute Gasteiger partial charge is 0.480 e. The second-order valence-electron chi connectivity index (χ2n) is 3.96. The molecule has 1 unspecified atom stereocenters. The normalized spacial score (nSPS) is 18.7. The molecular formula is C11H13N3O4. The number of hydrogen-bond donors (Lipinski definition) is 1. The lowest BCUT2D eigenvalue weighted by Crippen LogP contribution is -2.36. The predicted octanol–water partition coefficient (Wildman–Crippen LogP) is 0.317. The molecule has 2 heterocycles. The first-order valence-corrected chi connectivity index (χ1v) is 5.55. The summed E-state index contributed by atoms with van der Waals surface area (Å²) in [5.41, 5.74) is 0.104. The predicted molar refractivity (Wildman–Crippen MR) is 61.4 cm³/mol. The van der Waals surface area contributed by atoms with E-state index in [0.29, 0.717) is 18.8 Å². The average Bonchev–Trinajstić information content (AvgIpc) is 2.87. The minimum absolute atomic E-state index is 0.104. The third kappa shape index (κ3) is 2.24. The van der Waals surface area contributed by atoms with Gasteiger partial charge in [0.1, 0.15) is 6.04 Å². The minimum Gasteiger partial charge on any atom is -0.480 e. The van der Waals surface area contributed by atoms with Crippen LogP contribution in [0.25, 0.3) is 0 Å². The van der Waals surface area contributed by atoms with Crippen molar-refractivity contribution in [1.82, 2.24) is 10.2 Å². The average molecular weight is 251 g/mol. The maximum atomic E-state index is 11.2. The Morgan fingerprint density at radius 2 is 2.22 bits per heavy atom. The number of esters is 1. The first-order chi connectivity index (χ1) is 8.63. The fourth-order valence-electron chi connectivity index (χ4n) is 1.99. The van der Waals surface area contributed by atoms with E-state index in [1.807, 2.05) is 0 Å². The third-order valence-electron chi connectivity index (χ3n) is 2.88.